The summed E-state index contributed by atoms with van der Waals surface area (Å²) < 4.78 is 40.5. The molecule has 4 aromatic rings. The maximum Gasteiger partial charge on any atom is 0.416 e. The van der Waals surface area contributed by atoms with E-state index in [0.29, 0.717) is 5.02 Å². The maximum atomic E-state index is 13.3. The highest BCUT2D eigenvalue weighted by Crippen LogP contribution is 2.29. The van der Waals surface area contributed by atoms with Crippen LogP contribution < -0.4 is 11.2 Å². The molecule has 0 radical (unpaired) electrons. The first-order valence-corrected chi connectivity index (χ1v) is 11.4. The molecule has 0 atom stereocenters. The number of nitrogens with zero attached hydrogens (tertiary/aromatic N) is 4. The summed E-state index contributed by atoms with van der Waals surface area (Å²) in [6.07, 6.45) is -4.53. The minimum atomic E-state index is -4.53. The summed E-state index contributed by atoms with van der Waals surface area (Å²) >= 11 is 5.94. The molecule has 37 heavy (non-hydrogen) atoms. The van der Waals surface area contributed by atoms with Gasteiger partial charge in [0.25, 0.3) is 11.5 Å². The highest BCUT2D eigenvalue weighted by molar-refractivity contribution is 6.30. The van der Waals surface area contributed by atoms with E-state index >= 15 is 0 Å². The molecule has 0 aliphatic rings. The van der Waals surface area contributed by atoms with E-state index in [0.717, 1.165) is 26.9 Å². The van der Waals surface area contributed by atoms with E-state index < -0.39 is 34.6 Å². The molecule has 1 heterocycles. The molecule has 0 N–H and O–H groups in total. The highest BCUT2D eigenvalue weighted by atomic mass is 35.5. The summed E-state index contributed by atoms with van der Waals surface area (Å²) in [6.45, 7) is -0.186. The number of hydrogen-bond acceptors (Lipinski definition) is 4. The molecule has 190 valence electrons. The van der Waals surface area contributed by atoms with Crippen LogP contribution >= 0.6 is 11.6 Å². The van der Waals surface area contributed by atoms with Gasteiger partial charge in [-0.05, 0) is 47.5 Å². The quantitative estimate of drug-likeness (QED) is 0.372. The largest absolute Gasteiger partial charge is 0.416 e. The van der Waals surface area contributed by atoms with Crippen LogP contribution in [0, 0.1) is 0 Å². The Morgan fingerprint density at radius 1 is 0.919 bits per heavy atom. The Balaban J connectivity index is 1.79. The van der Waals surface area contributed by atoms with Crippen LogP contribution in [0.2, 0.25) is 5.02 Å². The fourth-order valence-electron chi connectivity index (χ4n) is 3.63. The first-order valence-electron chi connectivity index (χ1n) is 11.0. The van der Waals surface area contributed by atoms with Crippen LogP contribution in [0.25, 0.3) is 5.69 Å². The van der Waals surface area contributed by atoms with E-state index in [-0.39, 0.29) is 24.3 Å². The number of hydrogen-bond donors (Lipinski definition) is 0. The zero-order valence-electron chi connectivity index (χ0n) is 19.4. The minimum absolute atomic E-state index is 0.180. The van der Waals surface area contributed by atoms with E-state index in [1.165, 1.54) is 48.3 Å². The second kappa shape index (κ2) is 10.4. The van der Waals surface area contributed by atoms with Crippen molar-refractivity contribution >= 4 is 17.5 Å². The van der Waals surface area contributed by atoms with E-state index in [1.54, 1.807) is 0 Å². The minimum Gasteiger partial charge on any atom is -0.336 e. The molecule has 0 aliphatic carbocycles. The number of halogens is 4. The maximum absolute atomic E-state index is 13.3. The van der Waals surface area contributed by atoms with E-state index in [4.69, 9.17) is 11.6 Å². The van der Waals surface area contributed by atoms with Crippen LogP contribution in [-0.2, 0) is 19.3 Å². The van der Waals surface area contributed by atoms with Gasteiger partial charge >= 0.3 is 11.9 Å². The molecular formula is C26H20ClF3N4O3. The zero-order valence-corrected chi connectivity index (χ0v) is 20.2. The number of rotatable bonds is 6. The van der Waals surface area contributed by atoms with Crippen LogP contribution in [0.5, 0.6) is 0 Å². The van der Waals surface area contributed by atoms with Crippen molar-refractivity contribution in [3.63, 3.8) is 0 Å². The van der Waals surface area contributed by atoms with Gasteiger partial charge in [0.15, 0.2) is 0 Å². The molecule has 0 bridgehead atoms. The Kier molecular flexibility index (Phi) is 7.30. The fraction of sp³-hybridized carbons (Fsp3) is 0.154. The number of carbonyl (C=O) groups is 1. The van der Waals surface area contributed by atoms with Crippen LogP contribution in [-0.4, -0.2) is 32.2 Å². The predicted molar refractivity (Wildman–Crippen MR) is 132 cm³/mol. The molecule has 11 heteroatoms. The van der Waals surface area contributed by atoms with Gasteiger partial charge in [-0.1, -0.05) is 54.1 Å². The van der Waals surface area contributed by atoms with Gasteiger partial charge in [0, 0.05) is 18.6 Å². The lowest BCUT2D eigenvalue weighted by atomic mass is 10.1. The Hall–Kier alpha value is -4.18. The number of amides is 1. The van der Waals surface area contributed by atoms with Gasteiger partial charge in [0.1, 0.15) is 0 Å². The normalized spacial score (nSPS) is 11.4. The van der Waals surface area contributed by atoms with E-state index in [2.05, 4.69) is 5.10 Å². The number of carbonyl (C=O) groups excluding carboxylic acids is 1. The summed E-state index contributed by atoms with van der Waals surface area (Å²) in [6, 6.07) is 19.1. The van der Waals surface area contributed by atoms with Crippen LogP contribution in [0.15, 0.2) is 88.5 Å². The monoisotopic (exact) mass is 528 g/mol. The van der Waals surface area contributed by atoms with Crippen molar-refractivity contribution in [3.8, 4) is 5.69 Å². The van der Waals surface area contributed by atoms with Gasteiger partial charge < -0.3 is 4.90 Å². The number of aromatic nitrogens is 3. The molecular weight excluding hydrogens is 509 g/mol. The standard InChI is InChI=1S/C26H20ClF3N4O3/c1-32(15-17-5-3-2-4-6-17)23(35)22-24(36)33(16-18-7-9-19(10-8-18)26(28,29)30)25(37)34(31-22)21-13-11-20(27)12-14-21/h2-14H,15-16H2,1H3. The van der Waals surface area contributed by atoms with Crippen LogP contribution in [0.3, 0.4) is 0 Å². The van der Waals surface area contributed by atoms with Gasteiger partial charge in [-0.2, -0.15) is 23.0 Å². The number of benzene rings is 3. The Morgan fingerprint density at radius 3 is 2.14 bits per heavy atom. The Morgan fingerprint density at radius 2 is 1.54 bits per heavy atom. The van der Waals surface area contributed by atoms with Crippen molar-refractivity contribution in [2.45, 2.75) is 19.3 Å². The third kappa shape index (κ3) is 5.80. The summed E-state index contributed by atoms with van der Waals surface area (Å²) in [4.78, 5) is 41.1. The van der Waals surface area contributed by atoms with Crippen LogP contribution in [0.1, 0.15) is 27.2 Å². The molecule has 3 aromatic carbocycles. The SMILES string of the molecule is CN(Cc1ccccc1)C(=O)c1nn(-c2ccc(Cl)cc2)c(=O)n(Cc2ccc(C(F)(F)F)cc2)c1=O. The van der Waals surface area contributed by atoms with Crippen molar-refractivity contribution in [3.05, 3.63) is 127 Å². The third-order valence-electron chi connectivity index (χ3n) is 5.56. The van der Waals surface area contributed by atoms with E-state index in [1.807, 2.05) is 30.3 Å². The summed E-state index contributed by atoms with van der Waals surface area (Å²) in [5.41, 5.74) is -1.88. The van der Waals surface area contributed by atoms with Gasteiger partial charge in [0.2, 0.25) is 5.69 Å². The Labute approximate surface area is 214 Å². The second-order valence-electron chi connectivity index (χ2n) is 8.25. The zero-order chi connectivity index (χ0) is 26.7. The molecule has 4 rings (SSSR count). The summed E-state index contributed by atoms with van der Waals surface area (Å²) in [5.74, 6) is -0.724. The average Bonchev–Trinajstić information content (AvgIpc) is 2.87. The van der Waals surface area contributed by atoms with Crippen LogP contribution in [0.4, 0.5) is 13.2 Å². The first-order chi connectivity index (χ1) is 17.5. The summed E-state index contributed by atoms with van der Waals surface area (Å²) in [7, 11) is 1.49. The molecule has 0 unspecified atom stereocenters. The third-order valence-corrected chi connectivity index (χ3v) is 5.82. The topological polar surface area (TPSA) is 77.2 Å². The lowest BCUT2D eigenvalue weighted by Gasteiger charge is -2.18. The number of alkyl halides is 3. The van der Waals surface area contributed by atoms with Crippen molar-refractivity contribution in [2.24, 2.45) is 0 Å². The molecule has 1 amide bonds. The molecule has 0 fully saturated rings. The van der Waals surface area contributed by atoms with Gasteiger partial charge in [0.05, 0.1) is 17.8 Å². The molecule has 0 aliphatic heterocycles. The van der Waals surface area contributed by atoms with Crippen molar-refractivity contribution in [1.82, 2.24) is 19.2 Å². The average molecular weight is 529 g/mol. The fourth-order valence-corrected chi connectivity index (χ4v) is 3.76. The second-order valence-corrected chi connectivity index (χ2v) is 8.69. The first kappa shape index (κ1) is 25.9. The van der Waals surface area contributed by atoms with Crippen molar-refractivity contribution in [2.75, 3.05) is 7.05 Å². The van der Waals surface area contributed by atoms with Gasteiger partial charge in [-0.3, -0.25) is 14.2 Å². The molecule has 0 saturated heterocycles. The summed E-state index contributed by atoms with van der Waals surface area (Å²) in [5, 5.41) is 4.47. The lowest BCUT2D eigenvalue weighted by Crippen LogP contribution is -2.46. The van der Waals surface area contributed by atoms with Gasteiger partial charge in [-0.15, -0.1) is 0 Å². The lowest BCUT2D eigenvalue weighted by molar-refractivity contribution is -0.137. The molecule has 7 nitrogen and oxygen atoms in total. The highest BCUT2D eigenvalue weighted by Gasteiger charge is 2.30. The molecule has 1 aromatic heterocycles. The smallest absolute Gasteiger partial charge is 0.336 e. The van der Waals surface area contributed by atoms with Gasteiger partial charge in [-0.25, -0.2) is 4.79 Å². The Bertz CT molecular complexity index is 1530. The van der Waals surface area contributed by atoms with Crippen molar-refractivity contribution in [1.29, 1.82) is 0 Å². The molecule has 0 saturated carbocycles. The van der Waals surface area contributed by atoms with Crippen molar-refractivity contribution < 1.29 is 18.0 Å². The predicted octanol–water partition coefficient (Wildman–Crippen LogP) is 4.39. The molecule has 0 spiro atoms. The van der Waals surface area contributed by atoms with E-state index in [9.17, 15) is 27.6 Å².